The number of nitrogens with one attached hydrogen (secondary N) is 5. The maximum Gasteiger partial charge on any atom is 0.326 e. The summed E-state index contributed by atoms with van der Waals surface area (Å²) in [7, 11) is 0. The van der Waals surface area contributed by atoms with Crippen LogP contribution in [0.25, 0.3) is 0 Å². The molecule has 0 heterocycles. The van der Waals surface area contributed by atoms with Gasteiger partial charge in [-0.1, -0.05) is 28.1 Å². The van der Waals surface area contributed by atoms with Gasteiger partial charge in [-0.25, -0.2) is 14.4 Å². The van der Waals surface area contributed by atoms with E-state index in [4.69, 9.17) is 10.2 Å². The number of halogens is 1. The van der Waals surface area contributed by atoms with E-state index in [2.05, 4.69) is 42.5 Å². The van der Waals surface area contributed by atoms with Gasteiger partial charge in [-0.05, 0) is 56.2 Å². The average Bonchev–Trinajstić information content (AvgIpc) is 3.18. The number of carbonyl (C=O) groups is 9. The van der Waals surface area contributed by atoms with Crippen molar-refractivity contribution in [3.05, 3.63) is 34.3 Å². The summed E-state index contributed by atoms with van der Waals surface area (Å²) in [5.74, 6) is -7.79. The third-order valence-electron chi connectivity index (χ3n) is 9.03. The molecule has 0 aliphatic rings. The Balaban J connectivity index is 2.58. The fraction of sp³-hybridized carbons (Fsp3) is 0.605. The predicted molar refractivity (Wildman–Crippen MR) is 223 cm³/mol. The van der Waals surface area contributed by atoms with E-state index >= 15 is 0 Å². The number of urea groups is 1. The van der Waals surface area contributed by atoms with Crippen molar-refractivity contribution in [1.29, 1.82) is 0 Å². The zero-order valence-corrected chi connectivity index (χ0v) is 36.0. The first-order valence-corrected chi connectivity index (χ1v) is 20.7. The van der Waals surface area contributed by atoms with Gasteiger partial charge in [0.25, 0.3) is 0 Å². The van der Waals surface area contributed by atoms with Crippen LogP contribution in [-0.4, -0.2) is 190 Å². The van der Waals surface area contributed by atoms with E-state index < -0.39 is 66.8 Å². The van der Waals surface area contributed by atoms with Gasteiger partial charge in [0.15, 0.2) is 0 Å². The van der Waals surface area contributed by atoms with Crippen LogP contribution in [0.15, 0.2) is 28.7 Å². The molecule has 0 aliphatic carbocycles. The van der Waals surface area contributed by atoms with Gasteiger partial charge in [-0.3, -0.25) is 38.6 Å². The van der Waals surface area contributed by atoms with Crippen molar-refractivity contribution in [1.82, 2.24) is 41.3 Å². The van der Waals surface area contributed by atoms with Crippen LogP contribution in [0.3, 0.4) is 0 Å². The Morgan fingerprint density at radius 3 is 1.63 bits per heavy atom. The van der Waals surface area contributed by atoms with Gasteiger partial charge >= 0.3 is 41.8 Å². The zero-order chi connectivity index (χ0) is 46.5. The van der Waals surface area contributed by atoms with Crippen molar-refractivity contribution < 1.29 is 73.8 Å². The topological polar surface area (TPSA) is 345 Å². The largest absolute Gasteiger partial charge is 0.481 e. The normalized spacial score (nSPS) is 12.0. The van der Waals surface area contributed by atoms with Gasteiger partial charge in [-0.2, -0.15) is 0 Å². The summed E-state index contributed by atoms with van der Waals surface area (Å²) >= 11 is 3.38. The van der Waals surface area contributed by atoms with Crippen LogP contribution in [0.4, 0.5) is 4.79 Å². The summed E-state index contributed by atoms with van der Waals surface area (Å²) in [4.78, 5) is 110. The molecular formula is C38H59BrN8O15. The number of hydrogen-bond acceptors (Lipinski definition) is 13. The van der Waals surface area contributed by atoms with Crippen LogP contribution in [0.5, 0.6) is 0 Å². The summed E-state index contributed by atoms with van der Waals surface area (Å²) in [6.07, 6.45) is 0.808. The number of benzene rings is 1. The molecule has 1 rings (SSSR count). The molecular weight excluding hydrogens is 888 g/mol. The molecule has 1 aromatic carbocycles. The van der Waals surface area contributed by atoms with Gasteiger partial charge in [-0.15, -0.1) is 0 Å². The van der Waals surface area contributed by atoms with Crippen molar-refractivity contribution in [2.75, 3.05) is 78.5 Å². The molecule has 348 valence electrons. The van der Waals surface area contributed by atoms with Crippen LogP contribution in [0, 0.1) is 0 Å². The first kappa shape index (κ1) is 54.6. The molecule has 0 fully saturated rings. The second-order valence-electron chi connectivity index (χ2n) is 14.2. The van der Waals surface area contributed by atoms with Crippen molar-refractivity contribution in [2.24, 2.45) is 0 Å². The number of carbonyl (C=O) groups excluding carboxylic acids is 3. The summed E-state index contributed by atoms with van der Waals surface area (Å²) < 4.78 is 0.850. The molecule has 23 nitrogen and oxygen atoms in total. The highest BCUT2D eigenvalue weighted by atomic mass is 79.9. The van der Waals surface area contributed by atoms with Gasteiger partial charge in [0.1, 0.15) is 12.1 Å². The molecule has 0 saturated carbocycles. The monoisotopic (exact) mass is 946 g/mol. The number of rotatable bonds is 36. The Hall–Kier alpha value is -5.43. The van der Waals surface area contributed by atoms with E-state index in [0.717, 1.165) is 10.0 Å². The summed E-state index contributed by atoms with van der Waals surface area (Å²) in [5.41, 5.74) is 0.854. The Bertz CT molecular complexity index is 1620. The van der Waals surface area contributed by atoms with E-state index in [1.54, 1.807) is 14.7 Å². The van der Waals surface area contributed by atoms with E-state index in [-0.39, 0.29) is 116 Å². The minimum absolute atomic E-state index is 0.0324. The molecule has 1 unspecified atom stereocenters. The quantitative estimate of drug-likeness (QED) is 0.0372. The number of carboxylic acid groups (broad SMARTS) is 6. The highest BCUT2D eigenvalue weighted by Crippen LogP contribution is 2.15. The smallest absolute Gasteiger partial charge is 0.326 e. The Labute approximate surface area is 366 Å². The SMILES string of the molecule is O=C(O)CCC(NC(=O)N[C@@H](CCCCN(Cc1ccc(Br)cc1)C(=O)CCCCNC(=O)CNCCN(CCN(CCNCC(=O)O)CC(=O)O)CC(=O)O)C(=O)O)C(=O)O. The molecule has 0 bridgehead atoms. The minimum Gasteiger partial charge on any atom is -0.481 e. The fourth-order valence-corrected chi connectivity index (χ4v) is 6.08. The third-order valence-corrected chi connectivity index (χ3v) is 9.55. The predicted octanol–water partition coefficient (Wildman–Crippen LogP) is -0.658. The van der Waals surface area contributed by atoms with Gasteiger partial charge in [0.2, 0.25) is 11.8 Å². The Morgan fingerprint density at radius 1 is 0.565 bits per heavy atom. The molecule has 0 aliphatic heterocycles. The molecule has 0 saturated heterocycles. The Morgan fingerprint density at radius 2 is 1.11 bits per heavy atom. The number of aliphatic carboxylic acids is 6. The molecule has 62 heavy (non-hydrogen) atoms. The highest BCUT2D eigenvalue weighted by molar-refractivity contribution is 9.10. The molecule has 2 atom stereocenters. The van der Waals surface area contributed by atoms with Gasteiger partial charge in [0.05, 0.1) is 26.2 Å². The lowest BCUT2D eigenvalue weighted by molar-refractivity contribution is -0.141. The van der Waals surface area contributed by atoms with E-state index in [1.807, 2.05) is 24.3 Å². The fourth-order valence-electron chi connectivity index (χ4n) is 5.82. The molecule has 1 aromatic rings. The van der Waals surface area contributed by atoms with Crippen molar-refractivity contribution in [3.63, 3.8) is 0 Å². The van der Waals surface area contributed by atoms with Crippen LogP contribution >= 0.6 is 15.9 Å². The molecule has 0 aromatic heterocycles. The van der Waals surface area contributed by atoms with Crippen LogP contribution in [-0.2, 0) is 44.9 Å². The molecule has 4 amide bonds. The summed E-state index contributed by atoms with van der Waals surface area (Å²) in [6, 6.07) is 3.38. The molecule has 11 N–H and O–H groups in total. The average molecular weight is 948 g/mol. The molecule has 0 radical (unpaired) electrons. The standard InChI is InChI=1S/C38H59BrN8O15/c39-27-9-7-26(8-10-27)23-47(16-4-2-5-28(36(58)59)43-38(62)44-29(37(60)61)11-12-32(50)51)31(49)6-1-3-13-42-30(48)21-40-14-17-45(24-34(54)55)19-20-46(25-35(56)57)18-15-41-22-33(52)53/h7-10,28-29,40-41H,1-6,11-25H2,(H,42,48)(H,50,51)(H,52,53)(H,54,55)(H,56,57)(H,58,59)(H,60,61)(H2,43,44,62)/t28-,29?/m0/s1. The number of nitrogens with zero attached hydrogens (tertiary/aromatic N) is 3. The van der Waals surface area contributed by atoms with Crippen molar-refractivity contribution in [3.8, 4) is 0 Å². The second-order valence-corrected chi connectivity index (χ2v) is 15.1. The molecule has 24 heteroatoms. The second kappa shape index (κ2) is 31.4. The van der Waals surface area contributed by atoms with Crippen LogP contribution in [0.2, 0.25) is 0 Å². The van der Waals surface area contributed by atoms with E-state index in [1.165, 1.54) is 0 Å². The van der Waals surface area contributed by atoms with Crippen LogP contribution in [0.1, 0.15) is 56.9 Å². The highest BCUT2D eigenvalue weighted by Gasteiger charge is 2.25. The van der Waals surface area contributed by atoms with Crippen LogP contribution < -0.4 is 26.6 Å². The molecule has 0 spiro atoms. The summed E-state index contributed by atoms with van der Waals surface area (Å²) in [5, 5.41) is 67.7. The number of unbranched alkanes of at least 4 members (excludes halogenated alkanes) is 2. The van der Waals surface area contributed by atoms with E-state index in [9.17, 15) is 63.6 Å². The van der Waals surface area contributed by atoms with Crippen molar-refractivity contribution >= 4 is 69.6 Å². The number of carboxylic acids is 6. The zero-order valence-electron chi connectivity index (χ0n) is 34.4. The first-order chi connectivity index (χ1) is 29.4. The first-order valence-electron chi connectivity index (χ1n) is 19.9. The number of hydrogen-bond donors (Lipinski definition) is 11. The van der Waals surface area contributed by atoms with Gasteiger partial charge in [0, 0.05) is 76.2 Å². The maximum absolute atomic E-state index is 13.3. The maximum atomic E-state index is 13.3. The van der Waals surface area contributed by atoms with E-state index in [0.29, 0.717) is 19.3 Å². The summed E-state index contributed by atoms with van der Waals surface area (Å²) in [6.45, 7) is 1.26. The lowest BCUT2D eigenvalue weighted by atomic mass is 10.1. The lowest BCUT2D eigenvalue weighted by Crippen LogP contribution is -2.51. The lowest BCUT2D eigenvalue weighted by Gasteiger charge is -2.26. The minimum atomic E-state index is -1.53. The third kappa shape index (κ3) is 27.4. The number of amides is 4. The Kier molecular flexibility index (Phi) is 27.7. The van der Waals surface area contributed by atoms with Crippen molar-refractivity contribution in [2.45, 2.75) is 70.0 Å². The van der Waals surface area contributed by atoms with Gasteiger partial charge < -0.3 is 62.1 Å².